The van der Waals surface area contributed by atoms with E-state index in [0.717, 1.165) is 25.9 Å². The molecular formula is C13H17N4O3+. The van der Waals surface area contributed by atoms with Gasteiger partial charge in [0, 0.05) is 0 Å². The van der Waals surface area contributed by atoms with Crippen molar-refractivity contribution in [3.8, 4) is 11.7 Å². The Morgan fingerprint density at radius 1 is 1.50 bits per heavy atom. The molecule has 1 fully saturated rings. The highest BCUT2D eigenvalue weighted by molar-refractivity contribution is 5.76. The highest BCUT2D eigenvalue weighted by Crippen LogP contribution is 2.17. The van der Waals surface area contributed by atoms with Crippen LogP contribution in [0.4, 0.5) is 0 Å². The van der Waals surface area contributed by atoms with Gasteiger partial charge in [-0.05, 0) is 25.0 Å². The van der Waals surface area contributed by atoms with Crippen LogP contribution in [0, 0.1) is 5.92 Å². The topological polar surface area (TPSA) is 99.6 Å². The van der Waals surface area contributed by atoms with E-state index in [-0.39, 0.29) is 11.8 Å². The first kappa shape index (κ1) is 12.9. The van der Waals surface area contributed by atoms with Gasteiger partial charge in [0.25, 0.3) is 11.8 Å². The SMILES string of the molecule is NC(=O)[C@H]1CCC[NH+](Cc2nnc(-c3ccco3)o2)C1. The highest BCUT2D eigenvalue weighted by Gasteiger charge is 2.28. The Balaban J connectivity index is 1.64. The van der Waals surface area contributed by atoms with Crippen LogP contribution in [-0.2, 0) is 11.3 Å². The zero-order valence-corrected chi connectivity index (χ0v) is 11.0. The Morgan fingerprint density at radius 3 is 3.15 bits per heavy atom. The molecule has 3 rings (SSSR count). The second-order valence-corrected chi connectivity index (χ2v) is 5.10. The molecule has 106 valence electrons. The molecule has 20 heavy (non-hydrogen) atoms. The molecule has 2 aromatic heterocycles. The Labute approximate surface area is 115 Å². The Hall–Kier alpha value is -2.15. The normalized spacial score (nSPS) is 22.8. The second kappa shape index (κ2) is 5.46. The van der Waals surface area contributed by atoms with Crippen molar-refractivity contribution in [2.45, 2.75) is 19.4 Å². The summed E-state index contributed by atoms with van der Waals surface area (Å²) < 4.78 is 10.8. The average molecular weight is 277 g/mol. The number of amides is 1. The Kier molecular flexibility index (Phi) is 3.51. The van der Waals surface area contributed by atoms with E-state index in [1.54, 1.807) is 18.4 Å². The number of carbonyl (C=O) groups excluding carboxylic acids is 1. The van der Waals surface area contributed by atoms with Gasteiger partial charge in [0.05, 0.1) is 25.3 Å². The summed E-state index contributed by atoms with van der Waals surface area (Å²) in [6.07, 6.45) is 3.43. The average Bonchev–Trinajstić information content (AvgIpc) is 3.09. The van der Waals surface area contributed by atoms with Crippen LogP contribution in [-0.4, -0.2) is 29.2 Å². The second-order valence-electron chi connectivity index (χ2n) is 5.10. The van der Waals surface area contributed by atoms with E-state index in [2.05, 4.69) is 10.2 Å². The van der Waals surface area contributed by atoms with Crippen molar-refractivity contribution >= 4 is 5.91 Å². The fourth-order valence-corrected chi connectivity index (χ4v) is 2.59. The fraction of sp³-hybridized carbons (Fsp3) is 0.462. The molecule has 1 saturated heterocycles. The molecule has 1 aliphatic heterocycles. The van der Waals surface area contributed by atoms with Crippen LogP contribution < -0.4 is 10.6 Å². The number of nitrogens with two attached hydrogens (primary N) is 1. The van der Waals surface area contributed by atoms with Gasteiger partial charge >= 0.3 is 0 Å². The molecule has 0 saturated carbocycles. The highest BCUT2D eigenvalue weighted by atomic mass is 16.4. The lowest BCUT2D eigenvalue weighted by molar-refractivity contribution is -0.922. The van der Waals surface area contributed by atoms with Gasteiger partial charge in [-0.25, -0.2) is 0 Å². The van der Waals surface area contributed by atoms with Crippen molar-refractivity contribution in [1.82, 2.24) is 10.2 Å². The lowest BCUT2D eigenvalue weighted by Gasteiger charge is -2.26. The quantitative estimate of drug-likeness (QED) is 0.793. The standard InChI is InChI=1S/C13H16N4O3/c14-12(18)9-3-1-5-17(7-9)8-11-15-16-13(20-11)10-4-2-6-19-10/h2,4,6,9H,1,3,5,7-8H2,(H2,14,18)/p+1/t9-/m0/s1. The first-order chi connectivity index (χ1) is 9.72. The number of likely N-dealkylation sites (tertiary alicyclic amines) is 1. The number of nitrogens with one attached hydrogen (secondary N) is 1. The van der Waals surface area contributed by atoms with E-state index in [0.29, 0.717) is 24.1 Å². The minimum Gasteiger partial charge on any atom is -0.459 e. The smallest absolute Gasteiger partial charge is 0.283 e. The Bertz CT molecular complexity index is 578. The Morgan fingerprint density at radius 2 is 2.40 bits per heavy atom. The number of aromatic nitrogens is 2. The summed E-state index contributed by atoms with van der Waals surface area (Å²) in [4.78, 5) is 12.5. The lowest BCUT2D eigenvalue weighted by Crippen LogP contribution is -3.12. The van der Waals surface area contributed by atoms with Gasteiger partial charge in [-0.2, -0.15) is 0 Å². The minimum absolute atomic E-state index is 0.0498. The van der Waals surface area contributed by atoms with E-state index in [1.165, 1.54) is 4.90 Å². The van der Waals surface area contributed by atoms with Crippen molar-refractivity contribution < 1.29 is 18.5 Å². The predicted octanol–water partition coefficient (Wildman–Crippen LogP) is -0.390. The number of furan rings is 1. The van der Waals surface area contributed by atoms with Gasteiger partial charge in [-0.1, -0.05) is 0 Å². The third-order valence-electron chi connectivity index (χ3n) is 3.62. The molecule has 7 heteroatoms. The molecule has 0 aromatic carbocycles. The van der Waals surface area contributed by atoms with Crippen LogP contribution in [0.25, 0.3) is 11.7 Å². The summed E-state index contributed by atoms with van der Waals surface area (Å²) in [5, 5.41) is 7.99. The van der Waals surface area contributed by atoms with E-state index in [1.807, 2.05) is 0 Å². The van der Waals surface area contributed by atoms with Crippen LogP contribution >= 0.6 is 0 Å². The van der Waals surface area contributed by atoms with Crippen molar-refractivity contribution in [2.75, 3.05) is 13.1 Å². The molecule has 2 aromatic rings. The number of primary amides is 1. The molecule has 0 aliphatic carbocycles. The minimum atomic E-state index is -0.219. The first-order valence-corrected chi connectivity index (χ1v) is 6.71. The molecule has 3 heterocycles. The summed E-state index contributed by atoms with van der Waals surface area (Å²) in [6, 6.07) is 3.54. The third-order valence-corrected chi connectivity index (χ3v) is 3.62. The number of nitrogens with zero attached hydrogens (tertiary/aromatic N) is 2. The number of quaternary nitrogens is 1. The number of rotatable bonds is 4. The summed E-state index contributed by atoms with van der Waals surface area (Å²) in [6.45, 7) is 2.33. The van der Waals surface area contributed by atoms with Gasteiger partial charge in [0.1, 0.15) is 0 Å². The molecule has 1 amide bonds. The fourth-order valence-electron chi connectivity index (χ4n) is 2.59. The first-order valence-electron chi connectivity index (χ1n) is 6.71. The maximum atomic E-state index is 11.3. The predicted molar refractivity (Wildman–Crippen MR) is 68.3 cm³/mol. The molecule has 0 bridgehead atoms. The van der Waals surface area contributed by atoms with Crippen LogP contribution in [0.2, 0.25) is 0 Å². The molecule has 1 unspecified atom stereocenters. The van der Waals surface area contributed by atoms with Crippen LogP contribution in [0.1, 0.15) is 18.7 Å². The van der Waals surface area contributed by atoms with Crippen LogP contribution in [0.15, 0.2) is 27.2 Å². The van der Waals surface area contributed by atoms with Gasteiger partial charge in [0.2, 0.25) is 5.91 Å². The van der Waals surface area contributed by atoms with Gasteiger partial charge < -0.3 is 19.5 Å². The van der Waals surface area contributed by atoms with Gasteiger partial charge in [0.15, 0.2) is 12.3 Å². The molecule has 7 nitrogen and oxygen atoms in total. The largest absolute Gasteiger partial charge is 0.459 e. The van der Waals surface area contributed by atoms with Crippen LogP contribution in [0.5, 0.6) is 0 Å². The van der Waals surface area contributed by atoms with Crippen molar-refractivity contribution in [3.05, 3.63) is 24.3 Å². The third kappa shape index (κ3) is 2.72. The van der Waals surface area contributed by atoms with E-state index in [4.69, 9.17) is 14.6 Å². The van der Waals surface area contributed by atoms with Gasteiger partial charge in [-0.15, -0.1) is 10.2 Å². The van der Waals surface area contributed by atoms with Crippen LogP contribution in [0.3, 0.4) is 0 Å². The van der Waals surface area contributed by atoms with E-state index in [9.17, 15) is 4.79 Å². The van der Waals surface area contributed by atoms with E-state index < -0.39 is 0 Å². The maximum absolute atomic E-state index is 11.3. The van der Waals surface area contributed by atoms with E-state index >= 15 is 0 Å². The number of carbonyl (C=O) groups is 1. The molecule has 0 spiro atoms. The van der Waals surface area contributed by atoms with Crippen molar-refractivity contribution in [2.24, 2.45) is 11.7 Å². The lowest BCUT2D eigenvalue weighted by atomic mass is 9.97. The maximum Gasteiger partial charge on any atom is 0.283 e. The molecule has 0 radical (unpaired) electrons. The molecular weight excluding hydrogens is 260 g/mol. The number of piperidine rings is 1. The molecule has 1 aliphatic rings. The van der Waals surface area contributed by atoms with Crippen molar-refractivity contribution in [1.29, 1.82) is 0 Å². The zero-order chi connectivity index (χ0) is 13.9. The van der Waals surface area contributed by atoms with Gasteiger partial charge in [-0.3, -0.25) is 4.79 Å². The summed E-state index contributed by atoms with van der Waals surface area (Å²) in [5.41, 5.74) is 5.37. The summed E-state index contributed by atoms with van der Waals surface area (Å²) in [7, 11) is 0. The number of hydrogen-bond donors (Lipinski definition) is 2. The number of hydrogen-bond acceptors (Lipinski definition) is 5. The summed E-state index contributed by atoms with van der Waals surface area (Å²) >= 11 is 0. The summed E-state index contributed by atoms with van der Waals surface area (Å²) in [5.74, 6) is 1.23. The van der Waals surface area contributed by atoms with Crippen molar-refractivity contribution in [3.63, 3.8) is 0 Å². The monoisotopic (exact) mass is 277 g/mol. The molecule has 2 atom stereocenters. The molecule has 3 N–H and O–H groups in total. The zero-order valence-electron chi connectivity index (χ0n) is 11.0.